The first kappa shape index (κ1) is 37.3. The van der Waals surface area contributed by atoms with Gasteiger partial charge in [-0.25, -0.2) is 4.79 Å². The number of unbranched alkanes of at least 4 members (excludes halogenated alkanes) is 1. The normalized spacial score (nSPS) is 11.6. The highest BCUT2D eigenvalue weighted by Gasteiger charge is 2.20. The van der Waals surface area contributed by atoms with Crippen LogP contribution in [0.15, 0.2) is 108 Å². The number of para-hydroxylation sites is 1. The molecule has 0 radical (unpaired) electrons. The Bertz CT molecular complexity index is 1810. The smallest absolute Gasteiger partial charge is 0.338 e. The van der Waals surface area contributed by atoms with Crippen LogP contribution in [0.4, 0.5) is 11.4 Å². The van der Waals surface area contributed by atoms with Crippen molar-refractivity contribution < 1.29 is 33.4 Å². The molecule has 0 fully saturated rings. The van der Waals surface area contributed by atoms with Crippen LogP contribution in [0.5, 0.6) is 11.5 Å². The first-order valence-electron chi connectivity index (χ1n) is 16.2. The summed E-state index contributed by atoms with van der Waals surface area (Å²) in [5.41, 5.74) is 2.33. The Balaban J connectivity index is 1.48. The minimum absolute atomic E-state index is 0.0190. The second-order valence-corrected chi connectivity index (χ2v) is 12.3. The molecule has 1 unspecified atom stereocenters. The van der Waals surface area contributed by atoms with Crippen LogP contribution in [0.25, 0.3) is 6.08 Å². The molecule has 0 spiro atoms. The monoisotopic (exact) mass is 695 g/mol. The number of ether oxygens (including phenoxy) is 3. The summed E-state index contributed by atoms with van der Waals surface area (Å²) in [6.45, 7) is 4.31. The predicted molar refractivity (Wildman–Crippen MR) is 197 cm³/mol. The number of thioether (sulfide) groups is 1. The van der Waals surface area contributed by atoms with Crippen molar-refractivity contribution in [1.29, 1.82) is 0 Å². The maximum Gasteiger partial charge on any atom is 0.338 e. The SMILES string of the molecule is CCCCOC(=O)c1ccc(NC(=O)C(CC)Sc2cccc(NC(=O)/C(=C\c3cccc(OC)c3OC)NC(=O)c3ccccc3)c2)cc1. The van der Waals surface area contributed by atoms with Gasteiger partial charge in [0.1, 0.15) is 5.70 Å². The van der Waals surface area contributed by atoms with Gasteiger partial charge in [-0.3, -0.25) is 14.4 Å². The maximum atomic E-state index is 13.7. The first-order valence-corrected chi connectivity index (χ1v) is 17.1. The van der Waals surface area contributed by atoms with Crippen LogP contribution in [-0.2, 0) is 14.3 Å². The van der Waals surface area contributed by atoms with E-state index in [0.29, 0.717) is 52.6 Å². The first-order chi connectivity index (χ1) is 24.3. The van der Waals surface area contributed by atoms with Gasteiger partial charge in [0.2, 0.25) is 5.91 Å². The van der Waals surface area contributed by atoms with E-state index in [4.69, 9.17) is 14.2 Å². The Morgan fingerprint density at radius 2 is 1.52 bits per heavy atom. The van der Waals surface area contributed by atoms with Gasteiger partial charge in [0.15, 0.2) is 11.5 Å². The summed E-state index contributed by atoms with van der Waals surface area (Å²) in [7, 11) is 3.01. The number of carbonyl (C=O) groups is 4. The van der Waals surface area contributed by atoms with Crippen LogP contribution in [0, 0.1) is 0 Å². The number of esters is 1. The van der Waals surface area contributed by atoms with Crippen LogP contribution in [-0.4, -0.2) is 49.8 Å². The Labute approximate surface area is 296 Å². The number of carbonyl (C=O) groups excluding carboxylic acids is 4. The number of amides is 3. The number of nitrogens with one attached hydrogen (secondary N) is 3. The lowest BCUT2D eigenvalue weighted by atomic mass is 10.1. The quantitative estimate of drug-likeness (QED) is 0.0473. The molecule has 50 heavy (non-hydrogen) atoms. The number of hydrogen-bond acceptors (Lipinski definition) is 8. The van der Waals surface area contributed by atoms with E-state index in [-0.39, 0.29) is 11.6 Å². The van der Waals surface area contributed by atoms with E-state index in [2.05, 4.69) is 16.0 Å². The third-order valence-corrected chi connectivity index (χ3v) is 8.77. The molecule has 260 valence electrons. The molecule has 0 aliphatic carbocycles. The Kier molecular flexibility index (Phi) is 14.1. The molecule has 4 aromatic carbocycles. The van der Waals surface area contributed by atoms with Gasteiger partial charge < -0.3 is 30.2 Å². The Morgan fingerprint density at radius 1 is 0.780 bits per heavy atom. The number of methoxy groups -OCH3 is 2. The van der Waals surface area contributed by atoms with Crippen molar-refractivity contribution in [3.05, 3.63) is 119 Å². The van der Waals surface area contributed by atoms with Gasteiger partial charge in [0, 0.05) is 27.4 Å². The van der Waals surface area contributed by atoms with E-state index < -0.39 is 23.0 Å². The molecule has 3 N–H and O–H groups in total. The third kappa shape index (κ3) is 10.5. The zero-order valence-corrected chi connectivity index (χ0v) is 29.3. The summed E-state index contributed by atoms with van der Waals surface area (Å²) in [6.07, 6.45) is 3.80. The lowest BCUT2D eigenvalue weighted by molar-refractivity contribution is -0.116. The minimum atomic E-state index is -0.566. The minimum Gasteiger partial charge on any atom is -0.493 e. The zero-order chi connectivity index (χ0) is 35.9. The molecule has 4 rings (SSSR count). The van der Waals surface area contributed by atoms with Crippen molar-refractivity contribution >= 4 is 52.9 Å². The van der Waals surface area contributed by atoms with Crippen LogP contribution >= 0.6 is 11.8 Å². The molecular weight excluding hydrogens is 655 g/mol. The molecule has 1 atom stereocenters. The van der Waals surface area contributed by atoms with Gasteiger partial charge >= 0.3 is 5.97 Å². The van der Waals surface area contributed by atoms with Gasteiger partial charge in [-0.1, -0.05) is 56.7 Å². The van der Waals surface area contributed by atoms with E-state index in [1.807, 2.05) is 19.9 Å². The average molecular weight is 696 g/mol. The summed E-state index contributed by atoms with van der Waals surface area (Å²) in [5.74, 6) is -0.760. The highest BCUT2D eigenvalue weighted by atomic mass is 32.2. The second kappa shape index (κ2) is 18.8. The van der Waals surface area contributed by atoms with E-state index in [0.717, 1.165) is 17.7 Å². The van der Waals surface area contributed by atoms with Gasteiger partial charge in [0.25, 0.3) is 11.8 Å². The van der Waals surface area contributed by atoms with Crippen LogP contribution < -0.4 is 25.4 Å². The van der Waals surface area contributed by atoms with Crippen molar-refractivity contribution in [2.45, 2.75) is 43.3 Å². The standard InChI is InChI=1S/C39H41N3O7S/c1-5-7-23-49-39(46)27-19-21-29(22-20-27)40-38(45)34(6-2)50-31-17-12-16-30(25-31)41-37(44)32(42-36(43)26-13-9-8-10-14-26)24-28-15-11-18-33(47-3)35(28)48-4/h8-22,24-25,34H,5-7,23H2,1-4H3,(H,40,45)(H,41,44)(H,42,43)/b32-24+. The van der Waals surface area contributed by atoms with Crippen LogP contribution in [0.2, 0.25) is 0 Å². The van der Waals surface area contributed by atoms with E-state index in [1.165, 1.54) is 32.1 Å². The van der Waals surface area contributed by atoms with Crippen molar-refractivity contribution in [2.24, 2.45) is 0 Å². The molecule has 10 nitrogen and oxygen atoms in total. The van der Waals surface area contributed by atoms with Crippen LogP contribution in [0.3, 0.4) is 0 Å². The molecule has 11 heteroatoms. The van der Waals surface area contributed by atoms with Gasteiger partial charge in [0.05, 0.1) is 31.6 Å². The van der Waals surface area contributed by atoms with E-state index >= 15 is 0 Å². The third-order valence-electron chi connectivity index (χ3n) is 7.41. The van der Waals surface area contributed by atoms with Crippen molar-refractivity contribution in [2.75, 3.05) is 31.5 Å². The lowest BCUT2D eigenvalue weighted by Crippen LogP contribution is -2.30. The fourth-order valence-electron chi connectivity index (χ4n) is 4.76. The molecule has 3 amide bonds. The molecule has 0 aliphatic heterocycles. The number of anilines is 2. The molecule has 0 aromatic heterocycles. The highest BCUT2D eigenvalue weighted by molar-refractivity contribution is 8.00. The fourth-order valence-corrected chi connectivity index (χ4v) is 5.77. The van der Waals surface area contributed by atoms with Crippen molar-refractivity contribution in [3.63, 3.8) is 0 Å². The highest BCUT2D eigenvalue weighted by Crippen LogP contribution is 2.33. The summed E-state index contributed by atoms with van der Waals surface area (Å²) in [4.78, 5) is 53.0. The van der Waals surface area contributed by atoms with E-state index in [1.54, 1.807) is 91.0 Å². The molecule has 0 aliphatic rings. The molecule has 4 aromatic rings. The van der Waals surface area contributed by atoms with Gasteiger partial charge in [-0.15, -0.1) is 11.8 Å². The molecular formula is C39H41N3O7S. The van der Waals surface area contributed by atoms with E-state index in [9.17, 15) is 19.2 Å². The number of hydrogen-bond donors (Lipinski definition) is 3. The number of rotatable bonds is 16. The second-order valence-electron chi connectivity index (χ2n) is 11.0. The molecule has 0 heterocycles. The fraction of sp³-hybridized carbons (Fsp3) is 0.231. The largest absolute Gasteiger partial charge is 0.493 e. The Morgan fingerprint density at radius 3 is 2.20 bits per heavy atom. The summed E-state index contributed by atoms with van der Waals surface area (Å²) >= 11 is 1.35. The predicted octanol–water partition coefficient (Wildman–Crippen LogP) is 7.58. The topological polar surface area (TPSA) is 132 Å². The molecule has 0 saturated heterocycles. The van der Waals surface area contributed by atoms with Crippen LogP contribution in [0.1, 0.15) is 59.4 Å². The summed E-state index contributed by atoms with van der Waals surface area (Å²) in [5, 5.41) is 8.08. The maximum absolute atomic E-state index is 13.7. The number of benzene rings is 4. The average Bonchev–Trinajstić information content (AvgIpc) is 3.14. The molecule has 0 saturated carbocycles. The van der Waals surface area contributed by atoms with Crippen molar-refractivity contribution in [1.82, 2.24) is 5.32 Å². The van der Waals surface area contributed by atoms with Gasteiger partial charge in [-0.05, 0) is 79.6 Å². The van der Waals surface area contributed by atoms with Gasteiger partial charge in [-0.2, -0.15) is 0 Å². The summed E-state index contributed by atoms with van der Waals surface area (Å²) in [6, 6.07) is 27.5. The molecule has 0 bridgehead atoms. The lowest BCUT2D eigenvalue weighted by Gasteiger charge is -2.16. The van der Waals surface area contributed by atoms with Crippen molar-refractivity contribution in [3.8, 4) is 11.5 Å². The summed E-state index contributed by atoms with van der Waals surface area (Å²) < 4.78 is 16.2. The Hall–Kier alpha value is -5.55. The zero-order valence-electron chi connectivity index (χ0n) is 28.5.